The quantitative estimate of drug-likeness (QED) is 0.401. The van der Waals surface area contributed by atoms with Crippen molar-refractivity contribution in [3.05, 3.63) is 29.6 Å². The fraction of sp³-hybridized carbons (Fsp3) is 0.222. The van der Waals surface area contributed by atoms with Crippen molar-refractivity contribution in [1.29, 1.82) is 5.41 Å². The average Bonchev–Trinajstić information content (AvgIpc) is 2.17. The van der Waals surface area contributed by atoms with Gasteiger partial charge in [-0.2, -0.15) is 0 Å². The monoisotopic (exact) mass is 210 g/mol. The standard InChI is InChI=1S/C7H10N4.C2H4O2/c8-3-5-1-2-6(7(9)10)11-4-5;1-2(3)4/h1-2,4H,3,8H2,(H3,9,10);1H3,(H,3,4). The molecule has 1 aromatic rings. The number of nitrogens with two attached hydrogens (primary N) is 2. The maximum Gasteiger partial charge on any atom is 0.300 e. The maximum absolute atomic E-state index is 9.00. The molecule has 6 heteroatoms. The molecule has 0 saturated carbocycles. The second-order valence-corrected chi connectivity index (χ2v) is 2.69. The highest BCUT2D eigenvalue weighted by Gasteiger charge is 1.95. The van der Waals surface area contributed by atoms with E-state index in [1.54, 1.807) is 12.3 Å². The Morgan fingerprint density at radius 1 is 1.60 bits per heavy atom. The molecule has 6 nitrogen and oxygen atoms in total. The fourth-order valence-electron chi connectivity index (χ4n) is 0.705. The number of nitrogens with one attached hydrogen (secondary N) is 1. The van der Waals surface area contributed by atoms with Crippen molar-refractivity contribution in [2.24, 2.45) is 11.5 Å². The minimum Gasteiger partial charge on any atom is -0.481 e. The van der Waals surface area contributed by atoms with E-state index in [0.717, 1.165) is 12.5 Å². The number of carbonyl (C=O) groups is 1. The molecule has 0 atom stereocenters. The Labute approximate surface area is 87.4 Å². The summed E-state index contributed by atoms with van der Waals surface area (Å²) in [7, 11) is 0. The first-order valence-corrected chi connectivity index (χ1v) is 4.16. The zero-order chi connectivity index (χ0) is 11.8. The van der Waals surface area contributed by atoms with Crippen LogP contribution in [0.3, 0.4) is 0 Å². The molecule has 0 spiro atoms. The van der Waals surface area contributed by atoms with Crippen molar-refractivity contribution in [3.8, 4) is 0 Å². The fourth-order valence-corrected chi connectivity index (χ4v) is 0.705. The zero-order valence-electron chi connectivity index (χ0n) is 8.40. The molecule has 0 aliphatic heterocycles. The number of rotatable bonds is 2. The number of pyridine rings is 1. The Hall–Kier alpha value is -1.95. The van der Waals surface area contributed by atoms with Crippen LogP contribution in [0.25, 0.3) is 0 Å². The summed E-state index contributed by atoms with van der Waals surface area (Å²) in [6.45, 7) is 1.55. The van der Waals surface area contributed by atoms with E-state index in [1.165, 1.54) is 0 Å². The zero-order valence-corrected chi connectivity index (χ0v) is 8.40. The second-order valence-electron chi connectivity index (χ2n) is 2.69. The third kappa shape index (κ3) is 6.17. The molecule has 0 aromatic carbocycles. The van der Waals surface area contributed by atoms with Crippen molar-refractivity contribution in [2.45, 2.75) is 13.5 Å². The first kappa shape index (κ1) is 13.1. The van der Waals surface area contributed by atoms with Gasteiger partial charge < -0.3 is 16.6 Å². The van der Waals surface area contributed by atoms with Crippen LogP contribution in [0.5, 0.6) is 0 Å². The number of hydrogen-bond acceptors (Lipinski definition) is 4. The van der Waals surface area contributed by atoms with E-state index in [4.69, 9.17) is 26.8 Å². The highest BCUT2D eigenvalue weighted by molar-refractivity contribution is 5.92. The molecule has 0 bridgehead atoms. The predicted octanol–water partition coefficient (Wildman–Crippen LogP) is -0.0847. The van der Waals surface area contributed by atoms with Crippen LogP contribution >= 0.6 is 0 Å². The molecular weight excluding hydrogens is 196 g/mol. The van der Waals surface area contributed by atoms with Gasteiger partial charge in [0.2, 0.25) is 0 Å². The van der Waals surface area contributed by atoms with E-state index in [0.29, 0.717) is 12.2 Å². The summed E-state index contributed by atoms with van der Waals surface area (Å²) in [5, 5.41) is 14.5. The molecular formula is C9H14N4O2. The van der Waals surface area contributed by atoms with Gasteiger partial charge in [-0.05, 0) is 11.6 Å². The SMILES string of the molecule is CC(=O)O.N=C(N)c1ccc(CN)cn1. The topological polar surface area (TPSA) is 126 Å². The van der Waals surface area contributed by atoms with Gasteiger partial charge in [-0.15, -0.1) is 0 Å². The Morgan fingerprint density at radius 3 is 2.40 bits per heavy atom. The van der Waals surface area contributed by atoms with Crippen LogP contribution in [0.2, 0.25) is 0 Å². The lowest BCUT2D eigenvalue weighted by Crippen LogP contribution is -2.13. The molecule has 0 aliphatic carbocycles. The molecule has 0 unspecified atom stereocenters. The average molecular weight is 210 g/mol. The molecule has 6 N–H and O–H groups in total. The molecule has 82 valence electrons. The summed E-state index contributed by atoms with van der Waals surface area (Å²) >= 11 is 0. The Balaban J connectivity index is 0.000000423. The number of nitrogen functional groups attached to an aromatic ring is 1. The number of amidine groups is 1. The van der Waals surface area contributed by atoms with Gasteiger partial charge in [-0.25, -0.2) is 0 Å². The summed E-state index contributed by atoms with van der Waals surface area (Å²) in [5.41, 5.74) is 12.0. The predicted molar refractivity (Wildman–Crippen MR) is 56.5 cm³/mol. The van der Waals surface area contributed by atoms with Crippen molar-refractivity contribution in [1.82, 2.24) is 4.98 Å². The largest absolute Gasteiger partial charge is 0.481 e. The van der Waals surface area contributed by atoms with Crippen molar-refractivity contribution in [3.63, 3.8) is 0 Å². The van der Waals surface area contributed by atoms with Crippen LogP contribution in [-0.4, -0.2) is 21.9 Å². The highest BCUT2D eigenvalue weighted by Crippen LogP contribution is 1.97. The third-order valence-electron chi connectivity index (χ3n) is 1.34. The second kappa shape index (κ2) is 6.50. The summed E-state index contributed by atoms with van der Waals surface area (Å²) in [4.78, 5) is 12.9. The van der Waals surface area contributed by atoms with E-state index < -0.39 is 5.97 Å². The lowest BCUT2D eigenvalue weighted by Gasteiger charge is -1.97. The third-order valence-corrected chi connectivity index (χ3v) is 1.34. The minimum atomic E-state index is -0.833. The van der Waals surface area contributed by atoms with Gasteiger partial charge >= 0.3 is 0 Å². The molecule has 0 saturated heterocycles. The molecule has 0 amide bonds. The number of carboxylic acids is 1. The summed E-state index contributed by atoms with van der Waals surface area (Å²) in [6, 6.07) is 3.49. The van der Waals surface area contributed by atoms with Crippen LogP contribution in [0.4, 0.5) is 0 Å². The van der Waals surface area contributed by atoms with Gasteiger partial charge in [0.1, 0.15) is 11.5 Å². The molecule has 1 aromatic heterocycles. The first-order chi connectivity index (χ1) is 6.97. The Morgan fingerprint density at radius 2 is 2.13 bits per heavy atom. The summed E-state index contributed by atoms with van der Waals surface area (Å²) in [5.74, 6) is -0.853. The van der Waals surface area contributed by atoms with Crippen molar-refractivity contribution >= 4 is 11.8 Å². The van der Waals surface area contributed by atoms with Gasteiger partial charge in [0.05, 0.1) is 0 Å². The van der Waals surface area contributed by atoms with Crippen LogP contribution in [0.15, 0.2) is 18.3 Å². The maximum atomic E-state index is 9.00. The molecule has 0 aliphatic rings. The molecule has 15 heavy (non-hydrogen) atoms. The van der Waals surface area contributed by atoms with E-state index in [1.807, 2.05) is 6.07 Å². The highest BCUT2D eigenvalue weighted by atomic mass is 16.4. The van der Waals surface area contributed by atoms with Gasteiger partial charge in [-0.3, -0.25) is 15.2 Å². The smallest absolute Gasteiger partial charge is 0.300 e. The summed E-state index contributed by atoms with van der Waals surface area (Å²) in [6.07, 6.45) is 1.62. The van der Waals surface area contributed by atoms with Gasteiger partial charge in [0.25, 0.3) is 5.97 Å². The summed E-state index contributed by atoms with van der Waals surface area (Å²) < 4.78 is 0. The molecule has 0 fully saturated rings. The Kier molecular flexibility index (Phi) is 5.65. The number of carboxylic acid groups (broad SMARTS) is 1. The number of aliphatic carboxylic acids is 1. The van der Waals surface area contributed by atoms with Crippen LogP contribution in [0.1, 0.15) is 18.2 Å². The van der Waals surface area contributed by atoms with Crippen molar-refractivity contribution < 1.29 is 9.90 Å². The van der Waals surface area contributed by atoms with Crippen molar-refractivity contribution in [2.75, 3.05) is 0 Å². The first-order valence-electron chi connectivity index (χ1n) is 4.16. The lowest BCUT2D eigenvalue weighted by atomic mass is 10.2. The van der Waals surface area contributed by atoms with Gasteiger partial charge in [0, 0.05) is 19.7 Å². The number of nitrogens with zero attached hydrogens (tertiary/aromatic N) is 1. The molecule has 1 rings (SSSR count). The normalized spacial score (nSPS) is 8.67. The van der Waals surface area contributed by atoms with Crippen LogP contribution in [0, 0.1) is 5.41 Å². The lowest BCUT2D eigenvalue weighted by molar-refractivity contribution is -0.134. The van der Waals surface area contributed by atoms with E-state index in [-0.39, 0.29) is 5.84 Å². The van der Waals surface area contributed by atoms with E-state index in [9.17, 15) is 0 Å². The Bertz CT molecular complexity index is 330. The van der Waals surface area contributed by atoms with Gasteiger partial charge in [-0.1, -0.05) is 6.07 Å². The van der Waals surface area contributed by atoms with Crippen LogP contribution in [-0.2, 0) is 11.3 Å². The molecule has 1 heterocycles. The van der Waals surface area contributed by atoms with E-state index >= 15 is 0 Å². The minimum absolute atomic E-state index is 0.0198. The van der Waals surface area contributed by atoms with E-state index in [2.05, 4.69) is 4.98 Å². The van der Waals surface area contributed by atoms with Crippen LogP contribution < -0.4 is 11.5 Å². The molecule has 0 radical (unpaired) electrons. The van der Waals surface area contributed by atoms with Gasteiger partial charge in [0.15, 0.2) is 0 Å². The number of aromatic nitrogens is 1. The number of hydrogen-bond donors (Lipinski definition) is 4.